The molecule has 5 heteroatoms. The standard InChI is InChI=1S/Lu.H3O3P/c;1-4(2)3/h;4H,(H2,1,2,3). The third kappa shape index (κ3) is 32.2. The average molecular weight is 257 g/mol. The molecule has 2 N–H and O–H groups in total. The third-order valence-corrected chi connectivity index (χ3v) is 0. The molecule has 0 saturated carbocycles. The summed E-state index contributed by atoms with van der Waals surface area (Å²) < 4.78 is 8.74. The number of rotatable bonds is 0. The predicted octanol–water partition coefficient (Wildman–Crippen LogP) is -0.639. The number of hydrogen-bond acceptors (Lipinski definition) is 1. The Bertz CT molecular complexity index is 29.9. The van der Waals surface area contributed by atoms with E-state index in [-0.39, 0.29) is 36.9 Å². The Hall–Kier alpha value is 1.38. The van der Waals surface area contributed by atoms with E-state index >= 15 is 0 Å². The zero-order valence-electron chi connectivity index (χ0n) is 2.06. The molecule has 0 rings (SSSR count). The first-order chi connectivity index (χ1) is 1.73. The van der Waals surface area contributed by atoms with Crippen LogP contribution in [0.2, 0.25) is 0 Å². The Morgan fingerprint density at radius 3 is 1.40 bits per heavy atom. The van der Waals surface area contributed by atoms with E-state index in [4.69, 9.17) is 14.4 Å². The fourth-order valence-electron chi connectivity index (χ4n) is 0. The van der Waals surface area contributed by atoms with Gasteiger partial charge in [-0.05, 0) is 0 Å². The van der Waals surface area contributed by atoms with Gasteiger partial charge in [-0.1, -0.05) is 0 Å². The maximum absolute atomic E-state index is 8.74. The third-order valence-electron chi connectivity index (χ3n) is 0. The molecule has 0 saturated heterocycles. The average Bonchev–Trinajstić information content (AvgIpc) is 0.811. The van der Waals surface area contributed by atoms with Gasteiger partial charge in [0.2, 0.25) is 0 Å². The molecule has 0 amide bonds. The summed E-state index contributed by atoms with van der Waals surface area (Å²) in [4.78, 5) is 14.3. The molecule has 0 atom stereocenters. The van der Waals surface area contributed by atoms with E-state index in [1.54, 1.807) is 0 Å². The molecule has 5 heavy (non-hydrogen) atoms. The van der Waals surface area contributed by atoms with Gasteiger partial charge in [0.25, 0.3) is 0 Å². The van der Waals surface area contributed by atoms with Crippen LogP contribution in [0.1, 0.15) is 0 Å². The van der Waals surface area contributed by atoms with Crippen LogP contribution in [0, 0.1) is 36.9 Å². The quantitative estimate of drug-likeness (QED) is 0.567. The first-order valence-corrected chi connectivity index (χ1v) is 1.95. The fraction of sp³-hybridized carbons (Fsp3) is 0. The Morgan fingerprint density at radius 2 is 1.40 bits per heavy atom. The van der Waals surface area contributed by atoms with Gasteiger partial charge >= 0.3 is 8.25 Å². The Labute approximate surface area is 59.1 Å². The van der Waals surface area contributed by atoms with Gasteiger partial charge in [-0.25, -0.2) is 0 Å². The molecule has 0 aromatic heterocycles. The van der Waals surface area contributed by atoms with Crippen LogP contribution in [0.25, 0.3) is 0 Å². The van der Waals surface area contributed by atoms with Crippen molar-refractivity contribution in [3.05, 3.63) is 0 Å². The van der Waals surface area contributed by atoms with Gasteiger partial charge in [-0.3, -0.25) is 4.57 Å². The Morgan fingerprint density at radius 1 is 1.40 bits per heavy atom. The van der Waals surface area contributed by atoms with Crippen LogP contribution >= 0.6 is 8.25 Å². The molecule has 41 valence electrons. The van der Waals surface area contributed by atoms with Gasteiger partial charge in [-0.2, -0.15) is 0 Å². The van der Waals surface area contributed by atoms with Gasteiger partial charge in [0, 0.05) is 36.9 Å². The van der Waals surface area contributed by atoms with Gasteiger partial charge in [-0.15, -0.1) is 0 Å². The van der Waals surface area contributed by atoms with Crippen molar-refractivity contribution >= 4 is 8.25 Å². The normalized spacial score (nSPS) is 7.00. The second-order valence-corrected chi connectivity index (χ2v) is 0.848. The minimum atomic E-state index is -3.13. The summed E-state index contributed by atoms with van der Waals surface area (Å²) in [6.07, 6.45) is 0. The van der Waals surface area contributed by atoms with Crippen molar-refractivity contribution < 1.29 is 51.2 Å². The molecule has 3 nitrogen and oxygen atoms in total. The molecule has 1 radical (unpaired) electrons. The molecule has 0 bridgehead atoms. The van der Waals surface area contributed by atoms with Gasteiger partial charge in [0.1, 0.15) is 0 Å². The summed E-state index contributed by atoms with van der Waals surface area (Å²) in [6.45, 7) is 0. The number of hydrogen-bond donors (Lipinski definition) is 2. The second kappa shape index (κ2) is 5.38. The molecule has 0 fully saturated rings. The van der Waals surface area contributed by atoms with Crippen molar-refractivity contribution in [2.45, 2.75) is 0 Å². The van der Waals surface area contributed by atoms with E-state index in [1.807, 2.05) is 0 Å². The maximum Gasteiger partial charge on any atom is 0.314 e. The monoisotopic (exact) mass is 257 g/mol. The SMILES string of the molecule is O=[PH](O)O.[Lu]. The van der Waals surface area contributed by atoms with Crippen LogP contribution in [-0.4, -0.2) is 9.79 Å². The Kier molecular flexibility index (Phi) is 10.4. The van der Waals surface area contributed by atoms with E-state index in [2.05, 4.69) is 0 Å². The Balaban J connectivity index is 0. The largest absolute Gasteiger partial charge is 0.326 e. The molecule has 0 heterocycles. The van der Waals surface area contributed by atoms with Gasteiger partial charge < -0.3 is 9.79 Å². The molecule has 0 unspecified atom stereocenters. The van der Waals surface area contributed by atoms with Crippen molar-refractivity contribution in [3.63, 3.8) is 0 Å². The molecule has 0 aliphatic heterocycles. The van der Waals surface area contributed by atoms with Crippen molar-refractivity contribution in [2.75, 3.05) is 0 Å². The van der Waals surface area contributed by atoms with Crippen LogP contribution in [0.5, 0.6) is 0 Å². The maximum atomic E-state index is 8.74. The minimum absolute atomic E-state index is 0. The first-order valence-electron chi connectivity index (χ1n) is 0.651. The van der Waals surface area contributed by atoms with E-state index in [0.29, 0.717) is 0 Å². The summed E-state index contributed by atoms with van der Waals surface area (Å²) in [7, 11) is -3.13. The summed E-state index contributed by atoms with van der Waals surface area (Å²) in [5.74, 6) is 0. The molecule has 0 spiro atoms. The second-order valence-electron chi connectivity index (χ2n) is 0.283. The van der Waals surface area contributed by atoms with Crippen LogP contribution in [0.4, 0.5) is 0 Å². The smallest absolute Gasteiger partial charge is 0.314 e. The fourth-order valence-corrected chi connectivity index (χ4v) is 0. The summed E-state index contributed by atoms with van der Waals surface area (Å²) >= 11 is 0. The van der Waals surface area contributed by atoms with E-state index in [0.717, 1.165) is 0 Å². The van der Waals surface area contributed by atoms with Crippen LogP contribution in [0.3, 0.4) is 0 Å². The molecule has 0 aromatic rings. The van der Waals surface area contributed by atoms with Crippen molar-refractivity contribution in [1.29, 1.82) is 0 Å². The minimum Gasteiger partial charge on any atom is -0.326 e. The van der Waals surface area contributed by atoms with E-state index in [1.165, 1.54) is 0 Å². The van der Waals surface area contributed by atoms with Crippen molar-refractivity contribution in [2.24, 2.45) is 0 Å². The summed E-state index contributed by atoms with van der Waals surface area (Å²) in [6, 6.07) is 0. The molecular formula is H3LuO3P. The van der Waals surface area contributed by atoms with Gasteiger partial charge in [0.05, 0.1) is 0 Å². The van der Waals surface area contributed by atoms with E-state index < -0.39 is 8.25 Å². The predicted molar refractivity (Wildman–Crippen MR) is 13.4 cm³/mol. The van der Waals surface area contributed by atoms with Crippen LogP contribution in [-0.2, 0) is 4.57 Å². The zero-order chi connectivity index (χ0) is 3.58. The van der Waals surface area contributed by atoms with Crippen molar-refractivity contribution in [1.82, 2.24) is 0 Å². The molecule has 0 aliphatic rings. The summed E-state index contributed by atoms with van der Waals surface area (Å²) in [5.41, 5.74) is 0. The molecular weight excluding hydrogens is 254 g/mol. The molecule has 0 aromatic carbocycles. The van der Waals surface area contributed by atoms with Crippen LogP contribution in [0.15, 0.2) is 0 Å². The van der Waals surface area contributed by atoms with Crippen molar-refractivity contribution in [3.8, 4) is 0 Å². The first kappa shape index (κ1) is 9.63. The molecule has 0 aliphatic carbocycles. The topological polar surface area (TPSA) is 57.5 Å². The van der Waals surface area contributed by atoms with E-state index in [9.17, 15) is 0 Å². The van der Waals surface area contributed by atoms with Gasteiger partial charge in [0.15, 0.2) is 0 Å². The zero-order valence-corrected chi connectivity index (χ0v) is 4.72. The van der Waals surface area contributed by atoms with Crippen LogP contribution < -0.4 is 0 Å². The summed E-state index contributed by atoms with van der Waals surface area (Å²) in [5, 5.41) is 0.